The first-order valence-corrected chi connectivity index (χ1v) is 11.4. The minimum absolute atomic E-state index is 0.286. The molecule has 166 valence electrons. The zero-order valence-electron chi connectivity index (χ0n) is 18.2. The number of nitrogens with zero attached hydrogens (tertiary/aromatic N) is 1. The van der Waals surface area contributed by atoms with Gasteiger partial charge >= 0.3 is 0 Å². The van der Waals surface area contributed by atoms with E-state index in [1.165, 1.54) is 68.9 Å². The van der Waals surface area contributed by atoms with Gasteiger partial charge in [0, 0.05) is 0 Å². The van der Waals surface area contributed by atoms with E-state index in [9.17, 15) is 14.7 Å². The van der Waals surface area contributed by atoms with Gasteiger partial charge in [0.05, 0.1) is 6.61 Å². The molecule has 0 aliphatic heterocycles. The number of aldehydes is 1. The quantitative estimate of drug-likeness (QED) is 0.269. The molecule has 2 N–H and O–H groups in total. The number of aromatic hydroxyl groups is 1. The summed E-state index contributed by atoms with van der Waals surface area (Å²) in [6, 6.07) is 7.13. The zero-order chi connectivity index (χ0) is 21.6. The average molecular weight is 417 g/mol. The molecule has 0 bridgehead atoms. The molecule has 30 heavy (non-hydrogen) atoms. The molecule has 0 aliphatic carbocycles. The summed E-state index contributed by atoms with van der Waals surface area (Å²) in [6.07, 6.45) is 15.8. The molecule has 0 spiro atoms. The van der Waals surface area contributed by atoms with Crippen LogP contribution in [0.25, 0.3) is 5.69 Å². The largest absolute Gasteiger partial charge is 0.493 e. The maximum absolute atomic E-state index is 11.8. The molecule has 0 saturated heterocycles. The van der Waals surface area contributed by atoms with Gasteiger partial charge in [0.25, 0.3) is 5.56 Å². The summed E-state index contributed by atoms with van der Waals surface area (Å²) >= 11 is 0. The molecule has 0 saturated carbocycles. The molecule has 2 rings (SSSR count). The van der Waals surface area contributed by atoms with Crippen molar-refractivity contribution >= 4 is 6.29 Å². The van der Waals surface area contributed by atoms with Crippen molar-refractivity contribution in [2.45, 2.75) is 84.0 Å². The molecule has 0 atom stereocenters. The van der Waals surface area contributed by atoms with Crippen molar-refractivity contribution in [1.29, 1.82) is 0 Å². The fourth-order valence-corrected chi connectivity index (χ4v) is 3.61. The Morgan fingerprint density at radius 3 is 2.07 bits per heavy atom. The summed E-state index contributed by atoms with van der Waals surface area (Å²) in [5, 5.41) is 12.6. The summed E-state index contributed by atoms with van der Waals surface area (Å²) in [5.41, 5.74) is -0.414. The van der Waals surface area contributed by atoms with Gasteiger partial charge in [0.1, 0.15) is 17.0 Å². The van der Waals surface area contributed by atoms with Gasteiger partial charge in [-0.1, -0.05) is 89.7 Å². The molecular weight excluding hydrogens is 380 g/mol. The highest BCUT2D eigenvalue weighted by Gasteiger charge is 2.16. The van der Waals surface area contributed by atoms with Gasteiger partial charge in [0.15, 0.2) is 6.29 Å². The normalized spacial score (nSPS) is 11.0. The number of para-hydroxylation sites is 2. The van der Waals surface area contributed by atoms with Crippen LogP contribution in [-0.2, 0) is 0 Å². The Bertz CT molecular complexity index is 810. The summed E-state index contributed by atoms with van der Waals surface area (Å²) in [5.74, 6) is 0.149. The lowest BCUT2D eigenvalue weighted by molar-refractivity contribution is 0.112. The Morgan fingerprint density at radius 2 is 1.50 bits per heavy atom. The SMILES string of the molecule is CCCCCCCCCCCCCCOc1ccccc1-n1[nH]c(=O)c(C=O)c1O. The number of rotatable bonds is 16. The number of hydrogen-bond donors (Lipinski definition) is 2. The van der Waals surface area contributed by atoms with Crippen LogP contribution in [0.3, 0.4) is 0 Å². The first-order chi connectivity index (χ1) is 14.7. The number of ether oxygens (including phenoxy) is 1. The topological polar surface area (TPSA) is 84.3 Å². The number of aromatic amines is 1. The minimum Gasteiger partial charge on any atom is -0.493 e. The summed E-state index contributed by atoms with van der Waals surface area (Å²) in [4.78, 5) is 22.7. The summed E-state index contributed by atoms with van der Waals surface area (Å²) in [7, 11) is 0. The smallest absolute Gasteiger partial charge is 0.279 e. The molecule has 6 heteroatoms. The molecule has 0 radical (unpaired) electrons. The highest BCUT2D eigenvalue weighted by molar-refractivity contribution is 5.78. The highest BCUT2D eigenvalue weighted by Crippen LogP contribution is 2.26. The molecule has 6 nitrogen and oxygen atoms in total. The lowest BCUT2D eigenvalue weighted by Crippen LogP contribution is -2.08. The van der Waals surface area contributed by atoms with Gasteiger partial charge in [-0.3, -0.25) is 14.7 Å². The van der Waals surface area contributed by atoms with E-state index in [0.717, 1.165) is 12.8 Å². The summed E-state index contributed by atoms with van der Waals surface area (Å²) < 4.78 is 7.06. The van der Waals surface area contributed by atoms with E-state index in [-0.39, 0.29) is 5.56 Å². The molecule has 0 unspecified atom stereocenters. The second-order valence-corrected chi connectivity index (χ2v) is 7.84. The fourth-order valence-electron chi connectivity index (χ4n) is 3.61. The van der Waals surface area contributed by atoms with Crippen LogP contribution >= 0.6 is 0 Å². The Kier molecular flexibility index (Phi) is 10.8. The van der Waals surface area contributed by atoms with Crippen LogP contribution in [-0.4, -0.2) is 27.8 Å². The number of benzene rings is 1. The first kappa shape index (κ1) is 23.8. The van der Waals surface area contributed by atoms with E-state index in [4.69, 9.17) is 4.74 Å². The van der Waals surface area contributed by atoms with Crippen LogP contribution in [0, 0.1) is 0 Å². The van der Waals surface area contributed by atoms with E-state index >= 15 is 0 Å². The van der Waals surface area contributed by atoms with E-state index in [1.807, 2.05) is 6.07 Å². The molecule has 0 aliphatic rings. The zero-order valence-corrected chi connectivity index (χ0v) is 18.2. The van der Waals surface area contributed by atoms with Gasteiger partial charge in [-0.15, -0.1) is 0 Å². The van der Waals surface area contributed by atoms with Crippen molar-refractivity contribution in [3.63, 3.8) is 0 Å². The van der Waals surface area contributed by atoms with Crippen LogP contribution in [0.15, 0.2) is 29.1 Å². The molecule has 1 aromatic heterocycles. The molecule has 0 amide bonds. The lowest BCUT2D eigenvalue weighted by Gasteiger charge is -2.12. The third-order valence-corrected chi connectivity index (χ3v) is 5.39. The fraction of sp³-hybridized carbons (Fsp3) is 0.583. The van der Waals surface area contributed by atoms with Crippen LogP contribution < -0.4 is 10.3 Å². The van der Waals surface area contributed by atoms with E-state index < -0.39 is 11.4 Å². The third-order valence-electron chi connectivity index (χ3n) is 5.39. The number of carbonyl (C=O) groups excluding carboxylic acids is 1. The number of unbranched alkanes of at least 4 members (excludes halogenated alkanes) is 11. The predicted octanol–water partition coefficient (Wildman–Crippen LogP) is 5.76. The number of hydrogen-bond acceptors (Lipinski definition) is 4. The van der Waals surface area contributed by atoms with Crippen molar-refractivity contribution in [2.75, 3.05) is 6.61 Å². The maximum Gasteiger partial charge on any atom is 0.279 e. The van der Waals surface area contributed by atoms with Crippen molar-refractivity contribution in [3.8, 4) is 17.3 Å². The van der Waals surface area contributed by atoms with Crippen LogP contribution in [0.1, 0.15) is 94.3 Å². The van der Waals surface area contributed by atoms with E-state index in [1.54, 1.807) is 18.2 Å². The van der Waals surface area contributed by atoms with Gasteiger partial charge in [-0.05, 0) is 18.6 Å². The standard InChI is InChI=1S/C24H36N2O4/c1-2-3-4-5-6-7-8-9-10-11-12-15-18-30-22-17-14-13-16-21(22)26-24(29)20(19-27)23(28)25-26/h13-14,16-17,19,29H,2-12,15,18H2,1H3,(H,25,28). The van der Waals surface area contributed by atoms with Gasteiger partial charge in [0.2, 0.25) is 5.88 Å². The number of aromatic nitrogens is 2. The van der Waals surface area contributed by atoms with Crippen LogP contribution in [0.5, 0.6) is 11.6 Å². The van der Waals surface area contributed by atoms with Crippen molar-refractivity contribution in [3.05, 3.63) is 40.2 Å². The summed E-state index contributed by atoms with van der Waals surface area (Å²) in [6.45, 7) is 2.82. The van der Waals surface area contributed by atoms with Gasteiger partial charge in [-0.2, -0.15) is 0 Å². The van der Waals surface area contributed by atoms with Crippen LogP contribution in [0.2, 0.25) is 0 Å². The van der Waals surface area contributed by atoms with Crippen molar-refractivity contribution < 1.29 is 14.6 Å². The van der Waals surface area contributed by atoms with Gasteiger partial charge < -0.3 is 9.84 Å². The van der Waals surface area contributed by atoms with Crippen LogP contribution in [0.4, 0.5) is 0 Å². The monoisotopic (exact) mass is 416 g/mol. The second kappa shape index (κ2) is 13.7. The number of carbonyl (C=O) groups is 1. The van der Waals surface area contributed by atoms with Crippen molar-refractivity contribution in [2.24, 2.45) is 0 Å². The maximum atomic E-state index is 11.8. The highest BCUT2D eigenvalue weighted by atomic mass is 16.5. The molecular formula is C24H36N2O4. The van der Waals surface area contributed by atoms with Crippen molar-refractivity contribution in [1.82, 2.24) is 9.78 Å². The second-order valence-electron chi connectivity index (χ2n) is 7.84. The molecule has 1 heterocycles. The molecule has 2 aromatic rings. The first-order valence-electron chi connectivity index (χ1n) is 11.4. The molecule has 1 aromatic carbocycles. The minimum atomic E-state index is -0.627. The Balaban J connectivity index is 1.66. The Labute approximate surface area is 179 Å². The number of H-pyrrole nitrogens is 1. The predicted molar refractivity (Wildman–Crippen MR) is 120 cm³/mol. The van der Waals surface area contributed by atoms with E-state index in [0.29, 0.717) is 24.3 Å². The van der Waals surface area contributed by atoms with E-state index in [2.05, 4.69) is 12.0 Å². The lowest BCUT2D eigenvalue weighted by atomic mass is 10.1. The molecule has 0 fully saturated rings. The Hall–Kier alpha value is -2.50. The average Bonchev–Trinajstić information content (AvgIpc) is 3.04. The third kappa shape index (κ3) is 7.39. The van der Waals surface area contributed by atoms with Gasteiger partial charge in [-0.25, -0.2) is 4.68 Å². The Morgan fingerprint density at radius 1 is 0.933 bits per heavy atom. The number of nitrogens with one attached hydrogen (secondary N) is 1.